The summed E-state index contributed by atoms with van der Waals surface area (Å²) in [6.45, 7) is 16.8. The van der Waals surface area contributed by atoms with Gasteiger partial charge < -0.3 is 9.41 Å². The van der Waals surface area contributed by atoms with Gasteiger partial charge in [0.05, 0.1) is 0 Å². The molecule has 0 nitrogen and oxygen atoms in total. The van der Waals surface area contributed by atoms with Gasteiger partial charge in [-0.05, 0) is 0 Å². The maximum atomic E-state index is 2.51. The van der Waals surface area contributed by atoms with Crippen molar-refractivity contribution in [1.29, 1.82) is 0 Å². The molecule has 0 bridgehead atoms. The van der Waals surface area contributed by atoms with E-state index in [4.69, 9.17) is 0 Å². The van der Waals surface area contributed by atoms with Gasteiger partial charge in [0.2, 0.25) is 0 Å². The molecule has 1 unspecified atom stereocenters. The molecule has 0 fully saturated rings. The zero-order chi connectivity index (χ0) is 16.9. The fraction of sp³-hybridized carbons (Fsp3) is 0.429. The minimum atomic E-state index is -0.709. The van der Waals surface area contributed by atoms with E-state index in [2.05, 4.69) is 78.3 Å². The average Bonchev–Trinajstić information content (AvgIpc) is 2.94. The Kier molecular flexibility index (Phi) is 7.34. The van der Waals surface area contributed by atoms with Crippen molar-refractivity contribution in [2.75, 3.05) is 13.3 Å². The van der Waals surface area contributed by atoms with Crippen molar-refractivity contribution in [3.63, 3.8) is 0 Å². The van der Waals surface area contributed by atoms with Crippen molar-refractivity contribution < 1.29 is 32.6 Å². The molecular weight excluding hydrogens is 412 g/mol. The van der Waals surface area contributed by atoms with Crippen LogP contribution < -0.4 is 9.41 Å². The summed E-state index contributed by atoms with van der Waals surface area (Å²) in [6.07, 6.45) is 2.51. The minimum absolute atomic E-state index is 0. The first kappa shape index (κ1) is 22.7. The standard InChI is InChI=1S/C11H12P.C10H15.2FH.Zr/c1-12(2)11-7-9-5-3-4-6-10(9)8-11;1-7-6-10(4,5)9(3)8(7)2;;;/h3-8H,1-2H3;1-5H3;2*1H;/q;;;;+2/p-2. The van der Waals surface area contributed by atoms with E-state index in [1.54, 1.807) is 27.6 Å². The van der Waals surface area contributed by atoms with Crippen molar-refractivity contribution >= 4 is 14.0 Å². The van der Waals surface area contributed by atoms with Gasteiger partial charge in [0, 0.05) is 0 Å². The third kappa shape index (κ3) is 3.70. The fourth-order valence-electron chi connectivity index (χ4n) is 3.87. The zero-order valence-electron chi connectivity index (χ0n) is 16.2. The molecule has 0 aliphatic heterocycles. The van der Waals surface area contributed by atoms with E-state index in [0.717, 1.165) is 3.63 Å². The third-order valence-corrected chi connectivity index (χ3v) is 13.2. The summed E-state index contributed by atoms with van der Waals surface area (Å²) in [5.41, 5.74) is 8.15. The largest absolute Gasteiger partial charge is 1.00 e. The predicted octanol–water partition coefficient (Wildman–Crippen LogP) is 0.564. The van der Waals surface area contributed by atoms with E-state index in [-0.39, 0.29) is 22.7 Å². The first-order chi connectivity index (χ1) is 10.7. The van der Waals surface area contributed by atoms with Crippen LogP contribution in [0, 0.1) is 5.41 Å². The molecule has 3 rings (SSSR count). The van der Waals surface area contributed by atoms with Gasteiger partial charge in [0.15, 0.2) is 0 Å². The molecule has 25 heavy (non-hydrogen) atoms. The number of hydrogen-bond donors (Lipinski definition) is 0. The number of benzene rings is 1. The molecule has 2 aliphatic carbocycles. The second-order valence-electron chi connectivity index (χ2n) is 7.54. The summed E-state index contributed by atoms with van der Waals surface area (Å²) in [4.78, 5) is 0. The van der Waals surface area contributed by atoms with Gasteiger partial charge >= 0.3 is 155 Å². The van der Waals surface area contributed by atoms with Gasteiger partial charge in [-0.3, -0.25) is 0 Å². The van der Waals surface area contributed by atoms with Crippen LogP contribution in [0.1, 0.15) is 49.4 Å². The zero-order valence-corrected chi connectivity index (χ0v) is 19.5. The van der Waals surface area contributed by atoms with Crippen molar-refractivity contribution in [3.05, 3.63) is 60.7 Å². The van der Waals surface area contributed by atoms with Crippen molar-refractivity contribution in [3.8, 4) is 0 Å². The van der Waals surface area contributed by atoms with Crippen LogP contribution in [0.3, 0.4) is 0 Å². The smallest absolute Gasteiger partial charge is 1.00 e. The Morgan fingerprint density at radius 3 is 2.08 bits per heavy atom. The maximum absolute atomic E-state index is 2.51. The Labute approximate surface area is 163 Å². The van der Waals surface area contributed by atoms with E-state index in [1.807, 2.05) is 3.28 Å². The monoisotopic (exact) mass is 438 g/mol. The molecule has 1 aromatic rings. The van der Waals surface area contributed by atoms with Crippen LogP contribution in [0.15, 0.2) is 49.6 Å². The van der Waals surface area contributed by atoms with Crippen molar-refractivity contribution in [2.24, 2.45) is 5.41 Å². The van der Waals surface area contributed by atoms with Gasteiger partial charge in [0.1, 0.15) is 0 Å². The normalized spacial score (nSPS) is 20.8. The summed E-state index contributed by atoms with van der Waals surface area (Å²) in [5.74, 6) is 0. The van der Waals surface area contributed by atoms with Gasteiger partial charge in [-0.15, -0.1) is 0 Å². The molecule has 0 saturated heterocycles. The molecule has 1 atom stereocenters. The Morgan fingerprint density at radius 2 is 1.56 bits per heavy atom. The van der Waals surface area contributed by atoms with Crippen LogP contribution in [-0.4, -0.2) is 13.3 Å². The quantitative estimate of drug-likeness (QED) is 0.604. The van der Waals surface area contributed by atoms with Gasteiger partial charge in [-0.1, -0.05) is 0 Å². The molecule has 0 amide bonds. The molecule has 2 aliphatic rings. The molecule has 4 heteroatoms. The minimum Gasteiger partial charge on any atom is -1.00 e. The Bertz CT molecular complexity index is 757. The van der Waals surface area contributed by atoms with Crippen LogP contribution in [0.5, 0.6) is 0 Å². The van der Waals surface area contributed by atoms with E-state index < -0.39 is 23.2 Å². The summed E-state index contributed by atoms with van der Waals surface area (Å²) in [5, 5.41) is 1.74. The molecule has 0 heterocycles. The second kappa shape index (κ2) is 8.10. The SMILES string of the molecule is CC1=C(C)C(C)(C)[C]([Zr+2][CH]2C(P(C)C)=Cc3ccccc32)=C1C.[F-].[F-]. The van der Waals surface area contributed by atoms with E-state index in [0.29, 0.717) is 0 Å². The van der Waals surface area contributed by atoms with E-state index in [9.17, 15) is 0 Å². The summed E-state index contributed by atoms with van der Waals surface area (Å²) < 4.78 is 2.57. The summed E-state index contributed by atoms with van der Waals surface area (Å²) in [6, 6.07) is 9.11. The van der Waals surface area contributed by atoms with Crippen LogP contribution in [0.25, 0.3) is 6.08 Å². The Balaban J connectivity index is 0.00000156. The topological polar surface area (TPSA) is 0 Å². The van der Waals surface area contributed by atoms with Crippen molar-refractivity contribution in [1.82, 2.24) is 0 Å². The Hall–Kier alpha value is -0.387. The molecule has 134 valence electrons. The van der Waals surface area contributed by atoms with Gasteiger partial charge in [0.25, 0.3) is 0 Å². The van der Waals surface area contributed by atoms with Crippen molar-refractivity contribution in [2.45, 2.75) is 38.2 Å². The molecular formula is C21H27F2PZr. The van der Waals surface area contributed by atoms with Crippen LogP contribution in [-0.2, 0) is 23.2 Å². The first-order valence-electron chi connectivity index (χ1n) is 8.39. The number of hydrogen-bond acceptors (Lipinski definition) is 0. The average molecular weight is 440 g/mol. The molecule has 1 aromatic carbocycles. The maximum Gasteiger partial charge on any atom is -1.00 e. The number of halogens is 2. The molecule has 0 saturated carbocycles. The number of rotatable bonds is 3. The van der Waals surface area contributed by atoms with E-state index >= 15 is 0 Å². The van der Waals surface area contributed by atoms with E-state index in [1.165, 1.54) is 5.56 Å². The van der Waals surface area contributed by atoms with Crippen LogP contribution >= 0.6 is 7.92 Å². The Morgan fingerprint density at radius 1 is 0.960 bits per heavy atom. The summed E-state index contributed by atoms with van der Waals surface area (Å²) >= 11 is -0.709. The molecule has 0 aromatic heterocycles. The van der Waals surface area contributed by atoms with Gasteiger partial charge in [-0.2, -0.15) is 0 Å². The van der Waals surface area contributed by atoms with Gasteiger partial charge in [-0.25, -0.2) is 0 Å². The van der Waals surface area contributed by atoms with Crippen LogP contribution in [0.4, 0.5) is 0 Å². The predicted molar refractivity (Wildman–Crippen MR) is 101 cm³/mol. The number of fused-ring (bicyclic) bond motifs is 1. The molecule has 0 N–H and O–H groups in total. The third-order valence-electron chi connectivity index (χ3n) is 5.77. The molecule has 0 radical (unpaired) electrons. The molecule has 0 spiro atoms. The summed E-state index contributed by atoms with van der Waals surface area (Å²) in [7, 11) is -0.00730. The first-order valence-corrected chi connectivity index (χ1v) is 13.3. The number of allylic oxidation sites excluding steroid dienone is 5. The second-order valence-corrected chi connectivity index (χ2v) is 13.2. The van der Waals surface area contributed by atoms with Crippen LogP contribution in [0.2, 0.25) is 0 Å². The fourth-order valence-corrected chi connectivity index (χ4v) is 11.9.